The lowest BCUT2D eigenvalue weighted by Gasteiger charge is -2.09. The number of aromatic nitrogens is 2. The number of nitrogens with zero attached hydrogens (tertiary/aromatic N) is 2. The van der Waals surface area contributed by atoms with E-state index in [0.29, 0.717) is 5.89 Å². The molecule has 0 unspecified atom stereocenters. The summed E-state index contributed by atoms with van der Waals surface area (Å²) in [4.78, 5) is 13.1. The second kappa shape index (κ2) is 8.19. The van der Waals surface area contributed by atoms with Gasteiger partial charge in [0.1, 0.15) is 0 Å². The predicted molar refractivity (Wildman–Crippen MR) is 101 cm³/mol. The largest absolute Gasteiger partial charge is 0.452 e. The van der Waals surface area contributed by atoms with E-state index in [-0.39, 0.29) is 17.6 Å². The Hall–Kier alpha value is -2.60. The van der Waals surface area contributed by atoms with Gasteiger partial charge in [-0.05, 0) is 56.2 Å². The molecule has 0 aliphatic rings. The van der Waals surface area contributed by atoms with Crippen molar-refractivity contribution in [1.29, 1.82) is 0 Å². The maximum atomic E-state index is 12.1. The van der Waals surface area contributed by atoms with Gasteiger partial charge in [0.15, 0.2) is 6.10 Å². The SMILES string of the molecule is Cc1ccc(SCC(=O)O[C@@H](C)c2nnc(-c3ccccc3)o2)cc1C. The van der Waals surface area contributed by atoms with E-state index in [4.69, 9.17) is 9.15 Å². The van der Waals surface area contributed by atoms with E-state index in [1.54, 1.807) is 6.92 Å². The molecule has 0 aliphatic heterocycles. The zero-order valence-corrected chi connectivity index (χ0v) is 15.7. The van der Waals surface area contributed by atoms with Gasteiger partial charge in [-0.3, -0.25) is 4.79 Å². The number of hydrogen-bond donors (Lipinski definition) is 0. The molecule has 2 aromatic carbocycles. The number of hydrogen-bond acceptors (Lipinski definition) is 6. The third kappa shape index (κ3) is 4.52. The van der Waals surface area contributed by atoms with Gasteiger partial charge in [0.2, 0.25) is 5.89 Å². The third-order valence-corrected chi connectivity index (χ3v) is 4.92. The van der Waals surface area contributed by atoms with Gasteiger partial charge in [0.05, 0.1) is 5.75 Å². The second-order valence-corrected chi connectivity index (χ2v) is 7.03. The fraction of sp³-hybridized carbons (Fsp3) is 0.250. The molecule has 6 heteroatoms. The van der Waals surface area contributed by atoms with Crippen molar-refractivity contribution in [1.82, 2.24) is 10.2 Å². The van der Waals surface area contributed by atoms with E-state index in [2.05, 4.69) is 36.2 Å². The Bertz CT molecular complexity index is 893. The van der Waals surface area contributed by atoms with Crippen molar-refractivity contribution in [2.75, 3.05) is 5.75 Å². The van der Waals surface area contributed by atoms with Gasteiger partial charge in [-0.2, -0.15) is 0 Å². The molecule has 0 spiro atoms. The molecule has 0 radical (unpaired) electrons. The number of aryl methyl sites for hydroxylation is 2. The smallest absolute Gasteiger partial charge is 0.317 e. The van der Waals surface area contributed by atoms with Crippen LogP contribution in [0.3, 0.4) is 0 Å². The first-order valence-corrected chi connectivity index (χ1v) is 9.30. The first-order valence-electron chi connectivity index (χ1n) is 8.31. The fourth-order valence-corrected chi connectivity index (χ4v) is 3.10. The van der Waals surface area contributed by atoms with Crippen molar-refractivity contribution in [2.45, 2.75) is 31.8 Å². The summed E-state index contributed by atoms with van der Waals surface area (Å²) in [6.45, 7) is 5.84. The number of benzene rings is 2. The molecule has 0 amide bonds. The van der Waals surface area contributed by atoms with E-state index in [1.165, 1.54) is 22.9 Å². The second-order valence-electron chi connectivity index (χ2n) is 5.98. The summed E-state index contributed by atoms with van der Waals surface area (Å²) < 4.78 is 11.0. The summed E-state index contributed by atoms with van der Waals surface area (Å²) in [6, 6.07) is 15.6. The average molecular weight is 368 g/mol. The summed E-state index contributed by atoms with van der Waals surface area (Å²) in [6.07, 6.45) is -0.590. The minimum absolute atomic E-state index is 0.229. The Kier molecular flexibility index (Phi) is 5.73. The Labute approximate surface area is 156 Å². The molecule has 3 aromatic rings. The van der Waals surface area contributed by atoms with Crippen molar-refractivity contribution in [3.8, 4) is 11.5 Å². The number of ether oxygens (including phenoxy) is 1. The third-order valence-electron chi connectivity index (χ3n) is 3.95. The molecule has 0 aliphatic carbocycles. The molecule has 0 fully saturated rings. The normalized spacial score (nSPS) is 12.0. The Morgan fingerprint density at radius 3 is 2.62 bits per heavy atom. The van der Waals surface area contributed by atoms with Crippen LogP contribution in [-0.2, 0) is 9.53 Å². The Balaban J connectivity index is 1.56. The van der Waals surface area contributed by atoms with Gasteiger partial charge in [0, 0.05) is 10.5 Å². The topological polar surface area (TPSA) is 65.2 Å². The van der Waals surface area contributed by atoms with Crippen LogP contribution in [0.4, 0.5) is 0 Å². The van der Waals surface area contributed by atoms with Crippen molar-refractivity contribution in [3.05, 3.63) is 65.5 Å². The molecular weight excluding hydrogens is 348 g/mol. The molecule has 0 N–H and O–H groups in total. The van der Waals surface area contributed by atoms with Gasteiger partial charge < -0.3 is 9.15 Å². The zero-order chi connectivity index (χ0) is 18.5. The molecule has 0 saturated heterocycles. The summed E-state index contributed by atoms with van der Waals surface area (Å²) >= 11 is 1.45. The fourth-order valence-electron chi connectivity index (χ4n) is 2.32. The van der Waals surface area contributed by atoms with E-state index < -0.39 is 6.10 Å². The number of thioether (sulfide) groups is 1. The van der Waals surface area contributed by atoms with Crippen LogP contribution in [0.5, 0.6) is 0 Å². The minimum atomic E-state index is -0.590. The lowest BCUT2D eigenvalue weighted by molar-refractivity contribution is -0.146. The Morgan fingerprint density at radius 1 is 1.12 bits per heavy atom. The molecule has 3 rings (SSSR count). The summed E-state index contributed by atoms with van der Waals surface area (Å²) in [7, 11) is 0. The van der Waals surface area contributed by atoms with E-state index in [1.807, 2.05) is 36.4 Å². The van der Waals surface area contributed by atoms with Crippen LogP contribution in [0.1, 0.15) is 30.0 Å². The van der Waals surface area contributed by atoms with Gasteiger partial charge in [-0.15, -0.1) is 22.0 Å². The molecule has 134 valence electrons. The minimum Gasteiger partial charge on any atom is -0.452 e. The summed E-state index contributed by atoms with van der Waals surface area (Å²) in [5.41, 5.74) is 3.27. The predicted octanol–water partition coefficient (Wildman–Crippen LogP) is 4.75. The van der Waals surface area contributed by atoms with E-state index in [0.717, 1.165) is 10.5 Å². The van der Waals surface area contributed by atoms with Gasteiger partial charge in [-0.25, -0.2) is 0 Å². The lowest BCUT2D eigenvalue weighted by Crippen LogP contribution is -2.11. The monoisotopic (exact) mass is 368 g/mol. The van der Waals surface area contributed by atoms with Gasteiger partial charge in [-0.1, -0.05) is 24.3 Å². The highest BCUT2D eigenvalue weighted by atomic mass is 32.2. The molecular formula is C20H20N2O3S. The highest BCUT2D eigenvalue weighted by Gasteiger charge is 2.19. The van der Waals surface area contributed by atoms with Crippen molar-refractivity contribution < 1.29 is 13.9 Å². The summed E-state index contributed by atoms with van der Waals surface area (Å²) in [5, 5.41) is 8.00. The van der Waals surface area contributed by atoms with E-state index >= 15 is 0 Å². The molecule has 1 heterocycles. The van der Waals surface area contributed by atoms with Crippen molar-refractivity contribution in [2.24, 2.45) is 0 Å². The Morgan fingerprint density at radius 2 is 1.88 bits per heavy atom. The number of carbonyl (C=O) groups is 1. The first kappa shape index (κ1) is 18.2. The van der Waals surface area contributed by atoms with Crippen molar-refractivity contribution in [3.63, 3.8) is 0 Å². The van der Waals surface area contributed by atoms with Crippen LogP contribution in [0.2, 0.25) is 0 Å². The van der Waals surface area contributed by atoms with Crippen LogP contribution < -0.4 is 0 Å². The lowest BCUT2D eigenvalue weighted by atomic mass is 10.1. The van der Waals surface area contributed by atoms with Crippen LogP contribution in [-0.4, -0.2) is 21.9 Å². The molecule has 0 saturated carbocycles. The van der Waals surface area contributed by atoms with Crippen molar-refractivity contribution >= 4 is 17.7 Å². The molecule has 5 nitrogen and oxygen atoms in total. The maximum Gasteiger partial charge on any atom is 0.317 e. The zero-order valence-electron chi connectivity index (χ0n) is 14.9. The highest BCUT2D eigenvalue weighted by Crippen LogP contribution is 2.24. The van der Waals surface area contributed by atoms with Crippen LogP contribution in [0.15, 0.2) is 57.8 Å². The van der Waals surface area contributed by atoms with Crippen LogP contribution in [0.25, 0.3) is 11.5 Å². The molecule has 26 heavy (non-hydrogen) atoms. The molecule has 0 bridgehead atoms. The average Bonchev–Trinajstić information content (AvgIpc) is 3.14. The standard InChI is InChI=1S/C20H20N2O3S/c1-13-9-10-17(11-14(13)2)26-12-18(23)24-15(3)19-21-22-20(25-19)16-7-5-4-6-8-16/h4-11,15H,12H2,1-3H3/t15-/m0/s1. The van der Waals surface area contributed by atoms with Crippen LogP contribution in [0, 0.1) is 13.8 Å². The number of rotatable bonds is 6. The maximum absolute atomic E-state index is 12.1. The molecule has 1 atom stereocenters. The highest BCUT2D eigenvalue weighted by molar-refractivity contribution is 8.00. The first-order chi connectivity index (χ1) is 12.5. The molecule has 1 aromatic heterocycles. The number of carbonyl (C=O) groups excluding carboxylic acids is 1. The summed E-state index contributed by atoms with van der Waals surface area (Å²) in [5.74, 6) is 0.605. The number of esters is 1. The van der Waals surface area contributed by atoms with Crippen LogP contribution >= 0.6 is 11.8 Å². The van der Waals surface area contributed by atoms with Gasteiger partial charge >= 0.3 is 5.97 Å². The quantitative estimate of drug-likeness (QED) is 0.462. The van der Waals surface area contributed by atoms with Gasteiger partial charge in [0.25, 0.3) is 5.89 Å². The van der Waals surface area contributed by atoms with E-state index in [9.17, 15) is 4.79 Å².